The second kappa shape index (κ2) is 13.2. The van der Waals surface area contributed by atoms with Crippen LogP contribution in [0.15, 0.2) is 41.5 Å². The first-order valence-corrected chi connectivity index (χ1v) is 14.8. The number of halogens is 4. The molecule has 2 atom stereocenters. The number of rotatable bonds is 7. The van der Waals surface area contributed by atoms with E-state index in [0.717, 1.165) is 28.7 Å². The van der Waals surface area contributed by atoms with E-state index in [4.69, 9.17) is 22.3 Å². The predicted molar refractivity (Wildman–Crippen MR) is 165 cm³/mol. The number of nitrogens with two attached hydrogens (primary N) is 1. The van der Waals surface area contributed by atoms with Crippen LogP contribution in [0.1, 0.15) is 72.8 Å². The van der Waals surface area contributed by atoms with Gasteiger partial charge in [0.15, 0.2) is 5.69 Å². The molecule has 2 unspecified atom stereocenters. The number of carbonyl (C=O) groups is 1. The molecule has 14 heteroatoms. The van der Waals surface area contributed by atoms with Gasteiger partial charge in [0.25, 0.3) is 11.5 Å². The number of nitrogens with one attached hydrogen (secondary N) is 1. The maximum Gasteiger partial charge on any atom is 0.408 e. The molecule has 3 aromatic heterocycles. The molecular weight excluding hydrogens is 597 g/mol. The molecule has 1 amide bonds. The van der Waals surface area contributed by atoms with E-state index in [9.17, 15) is 22.8 Å². The molecule has 0 bridgehead atoms. The number of hydrogen-bond donors (Lipinski definition) is 2. The molecule has 1 aliphatic rings. The van der Waals surface area contributed by atoms with Gasteiger partial charge in [-0.25, -0.2) is 9.97 Å². The third kappa shape index (κ3) is 7.15. The van der Waals surface area contributed by atoms with Crippen LogP contribution in [0.5, 0.6) is 0 Å². The Hall–Kier alpha value is -4.13. The number of hydrogen-bond acceptors (Lipinski definition) is 7. The normalized spacial score (nSPS) is 15.9. The van der Waals surface area contributed by atoms with Crippen molar-refractivity contribution in [3.63, 3.8) is 0 Å². The fourth-order valence-corrected chi connectivity index (χ4v) is 5.64. The number of alkyl halides is 3. The van der Waals surface area contributed by atoms with Crippen LogP contribution >= 0.6 is 11.6 Å². The Morgan fingerprint density at radius 2 is 1.95 bits per heavy atom. The molecule has 4 aromatic rings. The molecule has 4 heterocycles. The Kier molecular flexibility index (Phi) is 9.87. The number of piperidine rings is 1. The highest BCUT2D eigenvalue weighted by atomic mass is 35.5. The molecule has 1 aromatic carbocycles. The van der Waals surface area contributed by atoms with Gasteiger partial charge in [-0.15, -0.1) is 0 Å². The third-order valence-corrected chi connectivity index (χ3v) is 7.64. The Morgan fingerprint density at radius 1 is 1.23 bits per heavy atom. The Bertz CT molecular complexity index is 1720. The van der Waals surface area contributed by atoms with Crippen LogP contribution in [-0.4, -0.2) is 49.5 Å². The van der Waals surface area contributed by atoms with Crippen molar-refractivity contribution in [2.24, 2.45) is 12.8 Å². The largest absolute Gasteiger partial charge is 0.408 e. The minimum absolute atomic E-state index is 0.00575. The number of amides is 1. The average molecular weight is 633 g/mol. The highest BCUT2D eigenvalue weighted by molar-refractivity contribution is 6.29. The highest BCUT2D eigenvalue weighted by Gasteiger charge is 2.30. The number of aromatic nitrogens is 5. The average Bonchev–Trinajstić information content (AvgIpc) is 3.43. The number of primary amides is 1. The number of aryl methyl sites for hydroxylation is 1. The lowest BCUT2D eigenvalue weighted by molar-refractivity contribution is -0.142. The Balaban J connectivity index is 0.00000216. The van der Waals surface area contributed by atoms with Crippen LogP contribution in [0.2, 0.25) is 5.15 Å². The van der Waals surface area contributed by atoms with Crippen molar-refractivity contribution in [1.82, 2.24) is 24.3 Å². The summed E-state index contributed by atoms with van der Waals surface area (Å²) in [4.78, 5) is 36.6. The summed E-state index contributed by atoms with van der Waals surface area (Å²) in [7, 11) is 1.66. The zero-order valence-electron chi connectivity index (χ0n) is 25.2. The first-order valence-electron chi connectivity index (χ1n) is 14.4. The quantitative estimate of drug-likeness (QED) is 0.249. The van der Waals surface area contributed by atoms with Crippen LogP contribution in [0.25, 0.3) is 10.9 Å². The van der Waals surface area contributed by atoms with Crippen LogP contribution in [0.3, 0.4) is 0 Å². The molecule has 0 saturated carbocycles. The minimum Gasteiger partial charge on any atom is -0.377 e. The van der Waals surface area contributed by atoms with Gasteiger partial charge in [-0.1, -0.05) is 31.5 Å². The molecule has 0 aliphatic carbocycles. The van der Waals surface area contributed by atoms with E-state index in [1.165, 1.54) is 17.0 Å². The Morgan fingerprint density at radius 3 is 2.64 bits per heavy atom. The SMILES string of the molecule is CC.Cc1cc(C(C)Nc2ccc(Cl)nc2C(N)=O)c2nc(N3CCCC(c4cnn(CC(F)(F)F)c4)C3)n(C)c(=O)c2c1. The molecule has 3 N–H and O–H groups in total. The van der Waals surface area contributed by atoms with E-state index in [0.29, 0.717) is 41.2 Å². The maximum atomic E-state index is 13.6. The van der Waals surface area contributed by atoms with Gasteiger partial charge in [-0.05, 0) is 56.0 Å². The van der Waals surface area contributed by atoms with E-state index in [1.807, 2.05) is 38.7 Å². The molecule has 1 aliphatic heterocycles. The first-order chi connectivity index (χ1) is 20.8. The molecule has 0 radical (unpaired) electrons. The Labute approximate surface area is 258 Å². The minimum atomic E-state index is -4.36. The van der Waals surface area contributed by atoms with Gasteiger partial charge in [-0.2, -0.15) is 18.3 Å². The van der Waals surface area contributed by atoms with Crippen molar-refractivity contribution >= 4 is 40.0 Å². The van der Waals surface area contributed by atoms with Gasteiger partial charge in [0.1, 0.15) is 11.7 Å². The molecule has 10 nitrogen and oxygen atoms in total. The zero-order chi connectivity index (χ0) is 32.3. The topological polar surface area (TPSA) is 124 Å². The smallest absolute Gasteiger partial charge is 0.377 e. The zero-order valence-corrected chi connectivity index (χ0v) is 26.0. The number of nitrogens with zero attached hydrogens (tertiary/aromatic N) is 6. The molecule has 1 saturated heterocycles. The number of anilines is 2. The van der Waals surface area contributed by atoms with Crippen LogP contribution in [0.4, 0.5) is 24.8 Å². The van der Waals surface area contributed by atoms with Gasteiger partial charge < -0.3 is 16.0 Å². The fraction of sp³-hybridized carbons (Fsp3) is 0.433. The molecule has 0 spiro atoms. The first kappa shape index (κ1) is 32.8. The summed E-state index contributed by atoms with van der Waals surface area (Å²) in [6.07, 6.45) is 0.101. The third-order valence-electron chi connectivity index (χ3n) is 7.43. The summed E-state index contributed by atoms with van der Waals surface area (Å²) in [5.41, 5.74) is 8.48. The standard InChI is InChI=1S/C28H30ClF3N8O2.C2H6/c1-15-9-19(16(2)35-21-6-7-22(29)36-24(21)25(33)41)23-20(10-15)26(42)38(3)27(37-23)39-8-4-5-17(12-39)18-11-34-40(13-18)14-28(30,31)32;1-2/h6-7,9-11,13,16-17,35H,4-5,8,12,14H2,1-3H3,(H2,33,41);1-2H3. The van der Waals surface area contributed by atoms with Gasteiger partial charge in [0.2, 0.25) is 5.95 Å². The summed E-state index contributed by atoms with van der Waals surface area (Å²) >= 11 is 5.96. The number of pyridine rings is 1. The highest BCUT2D eigenvalue weighted by Crippen LogP contribution is 2.32. The van der Waals surface area contributed by atoms with Crippen molar-refractivity contribution in [3.05, 3.63) is 74.6 Å². The van der Waals surface area contributed by atoms with Crippen molar-refractivity contribution < 1.29 is 18.0 Å². The molecule has 5 rings (SSSR count). The van der Waals surface area contributed by atoms with Gasteiger partial charge in [-0.3, -0.25) is 18.8 Å². The van der Waals surface area contributed by atoms with E-state index in [1.54, 1.807) is 25.2 Å². The van der Waals surface area contributed by atoms with Gasteiger partial charge in [0.05, 0.1) is 28.8 Å². The second-order valence-electron chi connectivity index (χ2n) is 10.7. The van der Waals surface area contributed by atoms with Crippen molar-refractivity contribution in [1.29, 1.82) is 0 Å². The van der Waals surface area contributed by atoms with E-state index >= 15 is 0 Å². The van der Waals surface area contributed by atoms with Gasteiger partial charge >= 0.3 is 6.18 Å². The summed E-state index contributed by atoms with van der Waals surface area (Å²) in [5, 5.41) is 7.73. The van der Waals surface area contributed by atoms with Crippen LogP contribution in [0, 0.1) is 6.92 Å². The van der Waals surface area contributed by atoms with Crippen LogP contribution in [-0.2, 0) is 13.6 Å². The number of fused-ring (bicyclic) bond motifs is 1. The molecule has 1 fully saturated rings. The molecular formula is C30H36ClF3N8O2. The molecule has 44 heavy (non-hydrogen) atoms. The van der Waals surface area contributed by atoms with Crippen molar-refractivity contribution in [2.45, 2.75) is 65.2 Å². The molecule has 236 valence electrons. The van der Waals surface area contributed by atoms with Gasteiger partial charge in [0, 0.05) is 37.8 Å². The monoisotopic (exact) mass is 632 g/mol. The van der Waals surface area contributed by atoms with Crippen molar-refractivity contribution in [3.8, 4) is 0 Å². The van der Waals surface area contributed by atoms with E-state index < -0.39 is 24.7 Å². The lowest BCUT2D eigenvalue weighted by Crippen LogP contribution is -2.38. The fourth-order valence-electron chi connectivity index (χ4n) is 5.50. The maximum absolute atomic E-state index is 13.6. The summed E-state index contributed by atoms with van der Waals surface area (Å²) in [6.45, 7) is 7.72. The van der Waals surface area contributed by atoms with E-state index in [2.05, 4.69) is 15.4 Å². The van der Waals surface area contributed by atoms with Crippen molar-refractivity contribution in [2.75, 3.05) is 23.3 Å². The lowest BCUT2D eigenvalue weighted by Gasteiger charge is -2.34. The predicted octanol–water partition coefficient (Wildman–Crippen LogP) is 5.73. The summed E-state index contributed by atoms with van der Waals surface area (Å²) in [5.74, 6) is -0.349. The number of carbonyl (C=O) groups excluding carboxylic acids is 1. The number of benzene rings is 1. The van der Waals surface area contributed by atoms with E-state index in [-0.39, 0.29) is 22.3 Å². The lowest BCUT2D eigenvalue weighted by atomic mass is 9.93. The summed E-state index contributed by atoms with van der Waals surface area (Å²) in [6, 6.07) is 6.47. The van der Waals surface area contributed by atoms with Crippen LogP contribution < -0.4 is 21.5 Å². The summed E-state index contributed by atoms with van der Waals surface area (Å²) < 4.78 is 41.0. The second-order valence-corrected chi connectivity index (χ2v) is 11.0.